The van der Waals surface area contributed by atoms with E-state index in [2.05, 4.69) is 5.32 Å². The van der Waals surface area contributed by atoms with Gasteiger partial charge in [-0.05, 0) is 36.6 Å². The molecule has 0 bridgehead atoms. The topological polar surface area (TPSA) is 32.3 Å². The van der Waals surface area contributed by atoms with Crippen molar-refractivity contribution in [2.24, 2.45) is 5.92 Å². The summed E-state index contributed by atoms with van der Waals surface area (Å²) in [7, 11) is 0. The van der Waals surface area contributed by atoms with E-state index >= 15 is 0 Å². The maximum absolute atomic E-state index is 12.6. The molecule has 2 nitrogen and oxygen atoms in total. The van der Waals surface area contributed by atoms with E-state index in [9.17, 15) is 9.50 Å². The van der Waals surface area contributed by atoms with Crippen molar-refractivity contribution in [1.82, 2.24) is 5.32 Å². The first kappa shape index (κ1) is 13.1. The fraction of sp³-hybridized carbons (Fsp3) is 0.538. The zero-order valence-electron chi connectivity index (χ0n) is 9.91. The molecule has 0 saturated heterocycles. The zero-order chi connectivity index (χ0) is 12.0. The summed E-state index contributed by atoms with van der Waals surface area (Å²) in [5.41, 5.74) is 1.06. The second-order valence-corrected chi connectivity index (χ2v) is 4.40. The van der Waals surface area contributed by atoms with Crippen LogP contribution >= 0.6 is 0 Å². The molecule has 0 aliphatic carbocycles. The summed E-state index contributed by atoms with van der Waals surface area (Å²) in [6, 6.07) is 6.45. The number of hydrogen-bond acceptors (Lipinski definition) is 2. The molecular weight excluding hydrogens is 205 g/mol. The summed E-state index contributed by atoms with van der Waals surface area (Å²) in [5, 5.41) is 12.8. The standard InChI is InChI=1S/C13H20FNO/c1-10(2)13(16)7-8-15-9-11-3-5-12(14)6-4-11/h3-6,10,13,15-16H,7-9H2,1-2H3. The Hall–Kier alpha value is -0.930. The van der Waals surface area contributed by atoms with Crippen LogP contribution < -0.4 is 5.32 Å². The second kappa shape index (κ2) is 6.61. The quantitative estimate of drug-likeness (QED) is 0.728. The van der Waals surface area contributed by atoms with Crippen molar-refractivity contribution < 1.29 is 9.50 Å². The number of halogens is 1. The van der Waals surface area contributed by atoms with Crippen molar-refractivity contribution in [3.63, 3.8) is 0 Å². The average Bonchev–Trinajstić information content (AvgIpc) is 2.26. The molecule has 0 heterocycles. The molecule has 0 radical (unpaired) electrons. The van der Waals surface area contributed by atoms with Gasteiger partial charge in [-0.2, -0.15) is 0 Å². The van der Waals surface area contributed by atoms with Gasteiger partial charge in [0.2, 0.25) is 0 Å². The first-order chi connectivity index (χ1) is 7.59. The molecule has 0 aromatic heterocycles. The number of hydrogen-bond donors (Lipinski definition) is 2. The van der Waals surface area contributed by atoms with Crippen LogP contribution in [0.5, 0.6) is 0 Å². The average molecular weight is 225 g/mol. The highest BCUT2D eigenvalue weighted by atomic mass is 19.1. The summed E-state index contributed by atoms with van der Waals surface area (Å²) >= 11 is 0. The van der Waals surface area contributed by atoms with Crippen molar-refractivity contribution in [3.05, 3.63) is 35.6 Å². The Morgan fingerprint density at radius 2 is 1.88 bits per heavy atom. The van der Waals surface area contributed by atoms with E-state index in [4.69, 9.17) is 0 Å². The van der Waals surface area contributed by atoms with Crippen LogP contribution in [0, 0.1) is 11.7 Å². The minimum atomic E-state index is -0.249. The highest BCUT2D eigenvalue weighted by molar-refractivity contribution is 5.15. The van der Waals surface area contributed by atoms with Crippen molar-refractivity contribution in [2.75, 3.05) is 6.54 Å². The Morgan fingerprint density at radius 1 is 1.25 bits per heavy atom. The zero-order valence-corrected chi connectivity index (χ0v) is 9.91. The van der Waals surface area contributed by atoms with Gasteiger partial charge in [0.05, 0.1) is 6.10 Å². The number of aliphatic hydroxyl groups is 1. The molecule has 3 heteroatoms. The Bertz CT molecular complexity index is 297. The summed E-state index contributed by atoms with van der Waals surface area (Å²) in [6.45, 7) is 5.50. The van der Waals surface area contributed by atoms with E-state index in [-0.39, 0.29) is 11.9 Å². The van der Waals surface area contributed by atoms with Crippen LogP contribution in [0.3, 0.4) is 0 Å². The van der Waals surface area contributed by atoms with Gasteiger partial charge in [-0.15, -0.1) is 0 Å². The molecule has 0 aliphatic heterocycles. The fourth-order valence-corrected chi connectivity index (χ4v) is 1.42. The molecule has 1 unspecified atom stereocenters. The van der Waals surface area contributed by atoms with Gasteiger partial charge in [0.1, 0.15) is 5.82 Å². The molecule has 1 aromatic carbocycles. The minimum Gasteiger partial charge on any atom is -0.393 e. The summed E-state index contributed by atoms with van der Waals surface area (Å²) < 4.78 is 12.6. The van der Waals surface area contributed by atoms with Gasteiger partial charge in [-0.1, -0.05) is 26.0 Å². The van der Waals surface area contributed by atoms with Crippen LogP contribution in [0.2, 0.25) is 0 Å². The Kier molecular flexibility index (Phi) is 5.43. The van der Waals surface area contributed by atoms with Crippen molar-refractivity contribution in [3.8, 4) is 0 Å². The normalized spacial score (nSPS) is 13.1. The van der Waals surface area contributed by atoms with Gasteiger partial charge in [-0.3, -0.25) is 0 Å². The molecule has 16 heavy (non-hydrogen) atoms. The molecule has 2 N–H and O–H groups in total. The summed E-state index contributed by atoms with van der Waals surface area (Å²) in [5.74, 6) is 0.0894. The Labute approximate surface area is 96.5 Å². The van der Waals surface area contributed by atoms with Crippen molar-refractivity contribution in [1.29, 1.82) is 0 Å². The Morgan fingerprint density at radius 3 is 2.44 bits per heavy atom. The minimum absolute atomic E-state index is 0.209. The third-order valence-corrected chi connectivity index (χ3v) is 2.63. The fourth-order valence-electron chi connectivity index (χ4n) is 1.42. The van der Waals surface area contributed by atoms with Crippen LogP contribution in [0.4, 0.5) is 4.39 Å². The number of rotatable bonds is 6. The van der Waals surface area contributed by atoms with E-state index in [1.807, 2.05) is 13.8 Å². The van der Waals surface area contributed by atoms with Crippen LogP contribution in [-0.2, 0) is 6.54 Å². The predicted molar refractivity (Wildman–Crippen MR) is 63.6 cm³/mol. The lowest BCUT2D eigenvalue weighted by molar-refractivity contribution is 0.116. The van der Waals surface area contributed by atoms with Crippen molar-refractivity contribution in [2.45, 2.75) is 32.9 Å². The first-order valence-electron chi connectivity index (χ1n) is 5.73. The molecule has 1 atom stereocenters. The molecule has 0 saturated carbocycles. The number of benzene rings is 1. The molecule has 0 aliphatic rings. The SMILES string of the molecule is CC(C)C(O)CCNCc1ccc(F)cc1. The van der Waals surface area contributed by atoms with Crippen molar-refractivity contribution >= 4 is 0 Å². The number of aliphatic hydroxyl groups excluding tert-OH is 1. The van der Waals surface area contributed by atoms with E-state index in [0.29, 0.717) is 12.5 Å². The monoisotopic (exact) mass is 225 g/mol. The largest absolute Gasteiger partial charge is 0.393 e. The maximum atomic E-state index is 12.6. The summed E-state index contributed by atoms with van der Waals surface area (Å²) in [4.78, 5) is 0. The van der Waals surface area contributed by atoms with Gasteiger partial charge in [0.15, 0.2) is 0 Å². The van der Waals surface area contributed by atoms with Gasteiger partial charge < -0.3 is 10.4 Å². The van der Waals surface area contributed by atoms with E-state index in [1.165, 1.54) is 12.1 Å². The molecule has 1 aromatic rings. The first-order valence-corrected chi connectivity index (χ1v) is 5.73. The van der Waals surface area contributed by atoms with E-state index in [0.717, 1.165) is 18.5 Å². The lowest BCUT2D eigenvalue weighted by Gasteiger charge is -2.14. The van der Waals surface area contributed by atoms with Gasteiger partial charge in [0.25, 0.3) is 0 Å². The summed E-state index contributed by atoms with van der Waals surface area (Å²) in [6.07, 6.45) is 0.500. The lowest BCUT2D eigenvalue weighted by Crippen LogP contribution is -2.23. The van der Waals surface area contributed by atoms with Gasteiger partial charge in [0, 0.05) is 6.54 Å². The van der Waals surface area contributed by atoms with Crippen LogP contribution in [0.15, 0.2) is 24.3 Å². The smallest absolute Gasteiger partial charge is 0.123 e. The van der Waals surface area contributed by atoms with Crippen LogP contribution in [0.1, 0.15) is 25.8 Å². The molecular formula is C13H20FNO. The highest BCUT2D eigenvalue weighted by Gasteiger charge is 2.07. The molecule has 0 spiro atoms. The molecule has 1 rings (SSSR count). The maximum Gasteiger partial charge on any atom is 0.123 e. The van der Waals surface area contributed by atoms with Gasteiger partial charge >= 0.3 is 0 Å². The molecule has 90 valence electrons. The third-order valence-electron chi connectivity index (χ3n) is 2.63. The lowest BCUT2D eigenvalue weighted by atomic mass is 10.0. The molecule has 0 fully saturated rings. The van der Waals surface area contributed by atoms with Crippen LogP contribution in [-0.4, -0.2) is 17.8 Å². The van der Waals surface area contributed by atoms with E-state index < -0.39 is 0 Å². The Balaban J connectivity index is 2.18. The third kappa shape index (κ3) is 4.73. The molecule has 0 amide bonds. The predicted octanol–water partition coefficient (Wildman–Crippen LogP) is 2.32. The van der Waals surface area contributed by atoms with Gasteiger partial charge in [-0.25, -0.2) is 4.39 Å². The van der Waals surface area contributed by atoms with Crippen LogP contribution in [0.25, 0.3) is 0 Å². The number of nitrogens with one attached hydrogen (secondary N) is 1. The second-order valence-electron chi connectivity index (χ2n) is 4.40. The van der Waals surface area contributed by atoms with E-state index in [1.54, 1.807) is 12.1 Å². The highest BCUT2D eigenvalue weighted by Crippen LogP contribution is 2.05.